The van der Waals surface area contributed by atoms with Crippen LogP contribution in [0.3, 0.4) is 0 Å². The van der Waals surface area contributed by atoms with Crippen molar-refractivity contribution in [1.82, 2.24) is 25.1 Å². The molecule has 4 aromatic rings. The maximum absolute atomic E-state index is 13.4. The van der Waals surface area contributed by atoms with E-state index in [2.05, 4.69) is 20.2 Å². The van der Waals surface area contributed by atoms with Crippen molar-refractivity contribution in [2.45, 2.75) is 44.7 Å². The van der Waals surface area contributed by atoms with Gasteiger partial charge in [0, 0.05) is 29.2 Å². The van der Waals surface area contributed by atoms with Gasteiger partial charge in [-0.05, 0) is 44.7 Å². The first-order valence-electron chi connectivity index (χ1n) is 11.4. The maximum Gasteiger partial charge on any atom is 0.264 e. The fraction of sp³-hybridized carbons (Fsp3) is 0.320. The minimum atomic E-state index is -0.908. The van der Waals surface area contributed by atoms with Gasteiger partial charge in [-0.1, -0.05) is 30.3 Å². The standard InChI is InChI=1S/C25H26N6O3S/c1-15-14-35-22(27-15)19-9-6-10-31(19)23(33)17-11-18(28-20(32)12-17)21-29-30-24(34-21)25(2,26)13-16-7-4-3-5-8-16/h3-5,7-8,11-12,14,19H,6,9-10,13,26H2,1-2H3,(H,28,32)/t19-,25-/m1/s1. The fourth-order valence-corrected chi connectivity index (χ4v) is 5.34. The number of benzene rings is 1. The van der Waals surface area contributed by atoms with Crippen molar-refractivity contribution in [1.29, 1.82) is 0 Å². The Hall–Kier alpha value is -3.63. The molecule has 2 atom stereocenters. The fourth-order valence-electron chi connectivity index (χ4n) is 4.40. The van der Waals surface area contributed by atoms with Crippen LogP contribution in [0.15, 0.2) is 57.1 Å². The van der Waals surface area contributed by atoms with Crippen molar-refractivity contribution >= 4 is 17.2 Å². The molecule has 0 bridgehead atoms. The van der Waals surface area contributed by atoms with Gasteiger partial charge in [-0.25, -0.2) is 4.98 Å². The quantitative estimate of drug-likeness (QED) is 0.422. The number of aryl methyl sites for hydroxylation is 1. The summed E-state index contributed by atoms with van der Waals surface area (Å²) in [5, 5.41) is 11.1. The van der Waals surface area contributed by atoms with E-state index >= 15 is 0 Å². The van der Waals surface area contributed by atoms with Gasteiger partial charge >= 0.3 is 0 Å². The average molecular weight is 491 g/mol. The van der Waals surface area contributed by atoms with Crippen LogP contribution in [-0.4, -0.2) is 37.5 Å². The summed E-state index contributed by atoms with van der Waals surface area (Å²) in [6, 6.07) is 12.6. The lowest BCUT2D eigenvalue weighted by Crippen LogP contribution is -2.35. The second-order valence-corrected chi connectivity index (χ2v) is 10.0. The Kier molecular flexibility index (Phi) is 6.08. The molecular formula is C25H26N6O3S. The van der Waals surface area contributed by atoms with Crippen LogP contribution in [0.25, 0.3) is 11.6 Å². The van der Waals surface area contributed by atoms with E-state index in [4.69, 9.17) is 10.2 Å². The summed E-state index contributed by atoms with van der Waals surface area (Å²) in [6.45, 7) is 4.36. The van der Waals surface area contributed by atoms with Gasteiger partial charge in [0.25, 0.3) is 11.8 Å². The SMILES string of the molecule is Cc1csc([C@H]2CCCN2C(=O)c2cc(-c3nnc([C@](C)(N)Cc4ccccc4)o3)[nH]c(=O)c2)n1. The highest BCUT2D eigenvalue weighted by atomic mass is 32.1. The monoisotopic (exact) mass is 490 g/mol. The molecule has 0 radical (unpaired) electrons. The Balaban J connectivity index is 1.41. The molecule has 35 heavy (non-hydrogen) atoms. The molecule has 0 saturated carbocycles. The first-order chi connectivity index (χ1) is 16.8. The van der Waals surface area contributed by atoms with E-state index < -0.39 is 11.1 Å². The Morgan fingerprint density at radius 3 is 2.83 bits per heavy atom. The van der Waals surface area contributed by atoms with Crippen LogP contribution >= 0.6 is 11.3 Å². The number of aromatic nitrogens is 4. The number of thiazole rings is 1. The highest BCUT2D eigenvalue weighted by Gasteiger charge is 2.33. The summed E-state index contributed by atoms with van der Waals surface area (Å²) in [7, 11) is 0. The molecular weight excluding hydrogens is 464 g/mol. The molecule has 1 fully saturated rings. The summed E-state index contributed by atoms with van der Waals surface area (Å²) in [5.41, 5.74) is 7.67. The van der Waals surface area contributed by atoms with Crippen LogP contribution in [-0.2, 0) is 12.0 Å². The topological polar surface area (TPSA) is 131 Å². The second kappa shape index (κ2) is 9.20. The minimum absolute atomic E-state index is 0.0881. The molecule has 1 saturated heterocycles. The van der Waals surface area contributed by atoms with Crippen molar-refractivity contribution in [3.8, 4) is 11.6 Å². The number of carbonyl (C=O) groups is 1. The lowest BCUT2D eigenvalue weighted by Gasteiger charge is -2.23. The van der Waals surface area contributed by atoms with Crippen LogP contribution in [0.5, 0.6) is 0 Å². The summed E-state index contributed by atoms with van der Waals surface area (Å²) in [6.07, 6.45) is 2.23. The summed E-state index contributed by atoms with van der Waals surface area (Å²) >= 11 is 1.55. The molecule has 1 aliphatic heterocycles. The van der Waals surface area contributed by atoms with E-state index in [0.29, 0.717) is 13.0 Å². The Morgan fingerprint density at radius 1 is 1.29 bits per heavy atom. The number of hydrogen-bond donors (Lipinski definition) is 2. The predicted octanol–water partition coefficient (Wildman–Crippen LogP) is 3.58. The van der Waals surface area contributed by atoms with E-state index in [9.17, 15) is 9.59 Å². The lowest BCUT2D eigenvalue weighted by molar-refractivity contribution is 0.0735. The first kappa shape index (κ1) is 23.1. The second-order valence-electron chi connectivity index (χ2n) is 9.12. The van der Waals surface area contributed by atoms with Crippen molar-refractivity contribution in [2.75, 3.05) is 6.54 Å². The van der Waals surface area contributed by atoms with Crippen LogP contribution in [0.2, 0.25) is 0 Å². The maximum atomic E-state index is 13.4. The zero-order valence-electron chi connectivity index (χ0n) is 19.5. The molecule has 10 heteroatoms. The van der Waals surface area contributed by atoms with E-state index in [1.165, 1.54) is 6.07 Å². The number of likely N-dealkylation sites (tertiary alicyclic amines) is 1. The van der Waals surface area contributed by atoms with E-state index in [-0.39, 0.29) is 35.0 Å². The normalized spacial score (nSPS) is 17.5. The van der Waals surface area contributed by atoms with Crippen LogP contribution < -0.4 is 11.3 Å². The number of nitrogens with zero attached hydrogens (tertiary/aromatic N) is 4. The molecule has 1 aliphatic rings. The molecule has 4 heterocycles. The number of nitrogens with one attached hydrogen (secondary N) is 1. The lowest BCUT2D eigenvalue weighted by atomic mass is 9.94. The van der Waals surface area contributed by atoms with Gasteiger partial charge in [-0.2, -0.15) is 0 Å². The van der Waals surface area contributed by atoms with Gasteiger partial charge in [0.2, 0.25) is 11.4 Å². The van der Waals surface area contributed by atoms with Gasteiger partial charge in [-0.3, -0.25) is 9.59 Å². The Labute approximate surface area is 206 Å². The number of H-pyrrole nitrogens is 1. The van der Waals surface area contributed by atoms with Crippen molar-refractivity contribution in [2.24, 2.45) is 5.73 Å². The number of carbonyl (C=O) groups excluding carboxylic acids is 1. The molecule has 0 unspecified atom stereocenters. The van der Waals surface area contributed by atoms with Crippen LogP contribution in [0.4, 0.5) is 0 Å². The van der Waals surface area contributed by atoms with Crippen LogP contribution in [0, 0.1) is 6.92 Å². The molecule has 1 aromatic carbocycles. The first-order valence-corrected chi connectivity index (χ1v) is 12.3. The van der Waals surface area contributed by atoms with Gasteiger partial charge in [0.1, 0.15) is 10.7 Å². The van der Waals surface area contributed by atoms with Gasteiger partial charge < -0.3 is 20.0 Å². The number of pyridine rings is 1. The number of hydrogen-bond acceptors (Lipinski definition) is 8. The zero-order chi connectivity index (χ0) is 24.6. The molecule has 3 N–H and O–H groups in total. The smallest absolute Gasteiger partial charge is 0.264 e. The molecule has 180 valence electrons. The molecule has 0 spiro atoms. The molecule has 1 amide bonds. The number of amides is 1. The summed E-state index contributed by atoms with van der Waals surface area (Å²) < 4.78 is 5.86. The number of aromatic amines is 1. The summed E-state index contributed by atoms with van der Waals surface area (Å²) in [5.74, 6) is 0.123. The third-order valence-electron chi connectivity index (χ3n) is 6.08. The zero-order valence-corrected chi connectivity index (χ0v) is 20.3. The highest BCUT2D eigenvalue weighted by molar-refractivity contribution is 7.09. The third kappa shape index (κ3) is 4.80. The summed E-state index contributed by atoms with van der Waals surface area (Å²) in [4.78, 5) is 34.9. The largest absolute Gasteiger partial charge is 0.417 e. The molecule has 3 aromatic heterocycles. The van der Waals surface area contributed by atoms with Crippen molar-refractivity contribution in [3.05, 3.63) is 85.9 Å². The van der Waals surface area contributed by atoms with E-state index in [1.54, 1.807) is 22.3 Å². The third-order valence-corrected chi connectivity index (χ3v) is 7.15. The Bertz CT molecular complexity index is 1410. The van der Waals surface area contributed by atoms with Crippen LogP contribution in [0.1, 0.15) is 58.3 Å². The minimum Gasteiger partial charge on any atom is -0.417 e. The predicted molar refractivity (Wildman–Crippen MR) is 132 cm³/mol. The highest BCUT2D eigenvalue weighted by Crippen LogP contribution is 2.35. The molecule has 9 nitrogen and oxygen atoms in total. The van der Waals surface area contributed by atoms with Gasteiger partial charge in [-0.15, -0.1) is 21.5 Å². The van der Waals surface area contributed by atoms with Gasteiger partial charge in [0.05, 0.1) is 11.6 Å². The molecule has 5 rings (SSSR count). The van der Waals surface area contributed by atoms with Gasteiger partial charge in [0.15, 0.2) is 0 Å². The van der Waals surface area contributed by atoms with E-state index in [1.807, 2.05) is 49.6 Å². The van der Waals surface area contributed by atoms with E-state index in [0.717, 1.165) is 29.1 Å². The Morgan fingerprint density at radius 2 is 2.09 bits per heavy atom. The van der Waals surface area contributed by atoms with Crippen molar-refractivity contribution in [3.63, 3.8) is 0 Å². The number of nitrogens with two attached hydrogens (primary N) is 1. The average Bonchev–Trinajstić information content (AvgIpc) is 3.59. The van der Waals surface area contributed by atoms with Crippen molar-refractivity contribution < 1.29 is 9.21 Å². The number of rotatable bonds is 6. The molecule has 0 aliphatic carbocycles.